The lowest BCUT2D eigenvalue weighted by Gasteiger charge is -2.10. The molecule has 19 heavy (non-hydrogen) atoms. The SMILES string of the molecule is Nc1cc(Br)ccc1S(=O)(=O)Nc1cccnc1Cl. The van der Waals surface area contributed by atoms with E-state index in [0.717, 1.165) is 0 Å². The van der Waals surface area contributed by atoms with E-state index >= 15 is 0 Å². The molecular weight excluding hydrogens is 354 g/mol. The van der Waals surface area contributed by atoms with Gasteiger partial charge in [-0.3, -0.25) is 4.72 Å². The number of nitrogens with two attached hydrogens (primary N) is 1. The molecule has 8 heteroatoms. The van der Waals surface area contributed by atoms with E-state index in [9.17, 15) is 8.42 Å². The molecule has 100 valence electrons. The van der Waals surface area contributed by atoms with Crippen LogP contribution in [0.5, 0.6) is 0 Å². The molecule has 0 spiro atoms. The third-order valence-corrected chi connectivity index (χ3v) is 4.50. The molecule has 2 aromatic rings. The number of hydrogen-bond acceptors (Lipinski definition) is 4. The standard InChI is InChI=1S/C11H9BrClN3O2S/c12-7-3-4-10(8(14)6-7)19(17,18)16-9-2-1-5-15-11(9)13/h1-6,16H,14H2. The van der Waals surface area contributed by atoms with Gasteiger partial charge < -0.3 is 5.73 Å². The van der Waals surface area contributed by atoms with Gasteiger partial charge in [-0.25, -0.2) is 13.4 Å². The number of aromatic nitrogens is 1. The molecule has 3 N–H and O–H groups in total. The molecule has 0 aliphatic rings. The highest BCUT2D eigenvalue weighted by Gasteiger charge is 2.19. The number of pyridine rings is 1. The first-order valence-corrected chi connectivity index (χ1v) is 7.74. The lowest BCUT2D eigenvalue weighted by molar-refractivity contribution is 0.601. The predicted molar refractivity (Wildman–Crippen MR) is 78.6 cm³/mol. The molecule has 1 heterocycles. The van der Waals surface area contributed by atoms with Crippen molar-refractivity contribution in [1.29, 1.82) is 0 Å². The van der Waals surface area contributed by atoms with E-state index < -0.39 is 10.0 Å². The second-order valence-electron chi connectivity index (χ2n) is 3.63. The second-order valence-corrected chi connectivity index (χ2v) is 6.55. The van der Waals surface area contributed by atoms with Gasteiger partial charge in [-0.15, -0.1) is 0 Å². The van der Waals surface area contributed by atoms with Crippen LogP contribution in [0.25, 0.3) is 0 Å². The fourth-order valence-corrected chi connectivity index (χ4v) is 3.21. The lowest BCUT2D eigenvalue weighted by atomic mass is 10.3. The molecule has 0 radical (unpaired) electrons. The van der Waals surface area contributed by atoms with E-state index in [1.54, 1.807) is 12.1 Å². The zero-order valence-electron chi connectivity index (χ0n) is 9.47. The van der Waals surface area contributed by atoms with Crippen LogP contribution in [0.2, 0.25) is 5.15 Å². The number of nitrogens with one attached hydrogen (secondary N) is 1. The number of rotatable bonds is 3. The second kappa shape index (κ2) is 5.36. The van der Waals surface area contributed by atoms with Gasteiger partial charge in [-0.1, -0.05) is 27.5 Å². The Morgan fingerprint density at radius 1 is 1.32 bits per heavy atom. The number of benzene rings is 1. The molecular formula is C11H9BrClN3O2S. The minimum atomic E-state index is -3.80. The molecule has 0 amide bonds. The maximum atomic E-state index is 12.2. The van der Waals surface area contributed by atoms with Crippen molar-refractivity contribution in [2.75, 3.05) is 10.5 Å². The van der Waals surface area contributed by atoms with Crippen LogP contribution >= 0.6 is 27.5 Å². The van der Waals surface area contributed by atoms with Crippen molar-refractivity contribution in [3.05, 3.63) is 46.2 Å². The van der Waals surface area contributed by atoms with Crippen molar-refractivity contribution >= 4 is 48.9 Å². The molecule has 0 aliphatic heterocycles. The van der Waals surface area contributed by atoms with Crippen molar-refractivity contribution < 1.29 is 8.42 Å². The van der Waals surface area contributed by atoms with E-state index in [2.05, 4.69) is 25.6 Å². The summed E-state index contributed by atoms with van der Waals surface area (Å²) in [6, 6.07) is 7.61. The van der Waals surface area contributed by atoms with E-state index in [1.165, 1.54) is 24.4 Å². The van der Waals surface area contributed by atoms with E-state index in [4.69, 9.17) is 17.3 Å². The van der Waals surface area contributed by atoms with E-state index in [0.29, 0.717) is 4.47 Å². The molecule has 1 aromatic heterocycles. The summed E-state index contributed by atoms with van der Waals surface area (Å²) >= 11 is 9.02. The summed E-state index contributed by atoms with van der Waals surface area (Å²) in [5.41, 5.74) is 6.04. The van der Waals surface area contributed by atoms with Gasteiger partial charge in [0.15, 0.2) is 5.15 Å². The Bertz CT molecular complexity index is 722. The van der Waals surface area contributed by atoms with Gasteiger partial charge in [-0.05, 0) is 30.3 Å². The first-order valence-electron chi connectivity index (χ1n) is 5.08. The Balaban J connectivity index is 2.41. The monoisotopic (exact) mass is 361 g/mol. The van der Waals surface area contributed by atoms with Crippen LogP contribution in [0.15, 0.2) is 45.9 Å². The van der Waals surface area contributed by atoms with E-state index in [1.807, 2.05) is 0 Å². The normalized spacial score (nSPS) is 11.3. The van der Waals surface area contributed by atoms with Crippen LogP contribution in [-0.2, 0) is 10.0 Å². The third kappa shape index (κ3) is 3.17. The fraction of sp³-hybridized carbons (Fsp3) is 0. The number of nitrogens with zero attached hydrogens (tertiary/aromatic N) is 1. The minimum Gasteiger partial charge on any atom is -0.398 e. The van der Waals surface area contributed by atoms with Gasteiger partial charge in [0.05, 0.1) is 11.4 Å². The topological polar surface area (TPSA) is 85.1 Å². The third-order valence-electron chi connectivity index (χ3n) is 2.26. The highest BCUT2D eigenvalue weighted by atomic mass is 79.9. The summed E-state index contributed by atoms with van der Waals surface area (Å²) in [4.78, 5) is 3.78. The highest BCUT2D eigenvalue weighted by molar-refractivity contribution is 9.10. The summed E-state index contributed by atoms with van der Waals surface area (Å²) in [5, 5.41) is 0.0711. The zero-order chi connectivity index (χ0) is 14.0. The predicted octanol–water partition coefficient (Wildman–Crippen LogP) is 2.88. The smallest absolute Gasteiger partial charge is 0.264 e. The van der Waals surface area contributed by atoms with E-state index in [-0.39, 0.29) is 21.4 Å². The molecule has 2 rings (SSSR count). The van der Waals surface area contributed by atoms with Gasteiger partial charge in [0, 0.05) is 10.7 Å². The largest absolute Gasteiger partial charge is 0.398 e. The van der Waals surface area contributed by atoms with Crippen LogP contribution in [0.1, 0.15) is 0 Å². The molecule has 0 unspecified atom stereocenters. The average Bonchev–Trinajstić information content (AvgIpc) is 2.31. The Morgan fingerprint density at radius 3 is 2.68 bits per heavy atom. The van der Waals surface area contributed by atoms with Gasteiger partial charge in [0.25, 0.3) is 10.0 Å². The maximum absolute atomic E-state index is 12.2. The van der Waals surface area contributed by atoms with Crippen molar-refractivity contribution in [2.24, 2.45) is 0 Å². The first kappa shape index (κ1) is 14.1. The zero-order valence-corrected chi connectivity index (χ0v) is 12.6. The van der Waals surface area contributed by atoms with Gasteiger partial charge in [-0.2, -0.15) is 0 Å². The fourth-order valence-electron chi connectivity index (χ4n) is 1.43. The van der Waals surface area contributed by atoms with Crippen LogP contribution in [0.3, 0.4) is 0 Å². The number of nitrogen functional groups attached to an aromatic ring is 1. The Labute approximate surface area is 124 Å². The van der Waals surface area contributed by atoms with Gasteiger partial charge in [0.2, 0.25) is 0 Å². The van der Waals surface area contributed by atoms with Gasteiger partial charge in [0.1, 0.15) is 4.90 Å². The quantitative estimate of drug-likeness (QED) is 0.649. The van der Waals surface area contributed by atoms with Crippen molar-refractivity contribution in [1.82, 2.24) is 4.98 Å². The maximum Gasteiger partial charge on any atom is 0.264 e. The highest BCUT2D eigenvalue weighted by Crippen LogP contribution is 2.26. The van der Waals surface area contributed by atoms with Crippen LogP contribution < -0.4 is 10.5 Å². The lowest BCUT2D eigenvalue weighted by Crippen LogP contribution is -2.15. The van der Waals surface area contributed by atoms with Crippen molar-refractivity contribution in [3.8, 4) is 0 Å². The molecule has 0 saturated heterocycles. The molecule has 0 aliphatic carbocycles. The number of hydrogen-bond donors (Lipinski definition) is 2. The number of sulfonamides is 1. The summed E-state index contributed by atoms with van der Waals surface area (Å²) in [5.74, 6) is 0. The number of halogens is 2. The van der Waals surface area contributed by atoms with Gasteiger partial charge >= 0.3 is 0 Å². The van der Waals surface area contributed by atoms with Crippen LogP contribution in [0.4, 0.5) is 11.4 Å². The van der Waals surface area contributed by atoms with Crippen LogP contribution in [0, 0.1) is 0 Å². The van der Waals surface area contributed by atoms with Crippen molar-refractivity contribution in [2.45, 2.75) is 4.90 Å². The summed E-state index contributed by atoms with van der Waals surface area (Å²) in [6.45, 7) is 0. The summed E-state index contributed by atoms with van der Waals surface area (Å²) < 4.78 is 27.4. The van der Waals surface area contributed by atoms with Crippen LogP contribution in [-0.4, -0.2) is 13.4 Å². The number of anilines is 2. The molecule has 1 aromatic carbocycles. The summed E-state index contributed by atoms with van der Waals surface area (Å²) in [7, 11) is -3.80. The molecule has 0 bridgehead atoms. The first-order chi connectivity index (χ1) is 8.90. The summed E-state index contributed by atoms with van der Waals surface area (Å²) in [6.07, 6.45) is 1.47. The average molecular weight is 363 g/mol. The molecule has 0 fully saturated rings. The Kier molecular flexibility index (Phi) is 3.98. The molecule has 0 atom stereocenters. The van der Waals surface area contributed by atoms with Crippen molar-refractivity contribution in [3.63, 3.8) is 0 Å². The Morgan fingerprint density at radius 2 is 2.05 bits per heavy atom. The Hall–Kier alpha value is -1.31. The molecule has 0 saturated carbocycles. The minimum absolute atomic E-state index is 0.0179. The molecule has 5 nitrogen and oxygen atoms in total.